The molecule has 2 aromatic rings. The third kappa shape index (κ3) is 6.62. The van der Waals surface area contributed by atoms with Crippen molar-refractivity contribution in [2.75, 3.05) is 39.3 Å². The minimum absolute atomic E-state index is 0. The summed E-state index contributed by atoms with van der Waals surface area (Å²) in [6.45, 7) is 7.88. The zero-order valence-corrected chi connectivity index (χ0v) is 20.7. The number of para-hydroxylation sites is 1. The molecule has 1 aromatic carbocycles. The number of guanidine groups is 1. The van der Waals surface area contributed by atoms with E-state index in [2.05, 4.69) is 28.1 Å². The second-order valence-corrected chi connectivity index (χ2v) is 8.09. The van der Waals surface area contributed by atoms with E-state index in [4.69, 9.17) is 14.1 Å². The monoisotopic (exact) mass is 538 g/mol. The van der Waals surface area contributed by atoms with Gasteiger partial charge in [0.1, 0.15) is 17.6 Å². The molecule has 1 atom stereocenters. The molecule has 6 nitrogen and oxygen atoms in total. The second kappa shape index (κ2) is 12.3. The van der Waals surface area contributed by atoms with Gasteiger partial charge < -0.3 is 19.4 Å². The average molecular weight is 538 g/mol. The summed E-state index contributed by atoms with van der Waals surface area (Å²) in [6.07, 6.45) is 6.57. The number of nitrogens with one attached hydrogen (secondary N) is 1. The van der Waals surface area contributed by atoms with Crippen LogP contribution in [0.25, 0.3) is 0 Å². The highest BCUT2D eigenvalue weighted by Crippen LogP contribution is 2.26. The standard InChI is InChI=1S/C24H34N4O2.HI/c1-2-25-24(26-19-22(23-11-8-18-29-23)27-14-6-7-15-27)28-16-12-21(13-17-28)30-20-9-4-3-5-10-20;/h3-5,8-11,18,21-22H,2,6-7,12-17,19H2,1H3,(H,25,26);1H. The number of piperidine rings is 1. The number of benzene rings is 1. The Hall–Kier alpha value is -1.74. The van der Waals surface area contributed by atoms with Gasteiger partial charge in [-0.15, -0.1) is 24.0 Å². The summed E-state index contributed by atoms with van der Waals surface area (Å²) < 4.78 is 11.9. The molecule has 7 heteroatoms. The predicted molar refractivity (Wildman–Crippen MR) is 135 cm³/mol. The van der Waals surface area contributed by atoms with Gasteiger partial charge in [0.15, 0.2) is 5.96 Å². The Balaban J connectivity index is 0.00000272. The zero-order valence-electron chi connectivity index (χ0n) is 18.4. The molecule has 0 radical (unpaired) electrons. The first-order valence-electron chi connectivity index (χ1n) is 11.4. The zero-order chi connectivity index (χ0) is 20.6. The van der Waals surface area contributed by atoms with Gasteiger partial charge in [-0.25, -0.2) is 0 Å². The van der Waals surface area contributed by atoms with Crippen LogP contribution in [0.5, 0.6) is 5.75 Å². The van der Waals surface area contributed by atoms with E-state index in [1.807, 2.05) is 36.4 Å². The summed E-state index contributed by atoms with van der Waals surface area (Å²) in [7, 11) is 0. The Labute approximate surface area is 203 Å². The van der Waals surface area contributed by atoms with Crippen molar-refractivity contribution in [1.82, 2.24) is 15.1 Å². The Morgan fingerprint density at radius 1 is 1.10 bits per heavy atom. The lowest BCUT2D eigenvalue weighted by atomic mass is 10.1. The topological polar surface area (TPSA) is 53.2 Å². The van der Waals surface area contributed by atoms with Crippen LogP contribution in [-0.4, -0.2) is 61.1 Å². The van der Waals surface area contributed by atoms with E-state index in [0.717, 1.165) is 69.6 Å². The molecule has 31 heavy (non-hydrogen) atoms. The molecule has 2 aliphatic heterocycles. The number of hydrogen-bond acceptors (Lipinski definition) is 4. The van der Waals surface area contributed by atoms with Gasteiger partial charge in [0.2, 0.25) is 0 Å². The number of nitrogens with zero attached hydrogens (tertiary/aromatic N) is 3. The van der Waals surface area contributed by atoms with Crippen molar-refractivity contribution in [1.29, 1.82) is 0 Å². The Kier molecular flexibility index (Phi) is 9.52. The molecule has 2 aliphatic rings. The van der Waals surface area contributed by atoms with Crippen LogP contribution in [0.2, 0.25) is 0 Å². The van der Waals surface area contributed by atoms with Gasteiger partial charge in [0.25, 0.3) is 0 Å². The van der Waals surface area contributed by atoms with Crippen molar-refractivity contribution < 1.29 is 9.15 Å². The normalized spacial score (nSPS) is 19.1. The van der Waals surface area contributed by atoms with Crippen LogP contribution in [0.1, 0.15) is 44.4 Å². The van der Waals surface area contributed by atoms with E-state index >= 15 is 0 Å². The number of furan rings is 1. The SMILES string of the molecule is CCNC(=NCC(c1ccco1)N1CCCC1)N1CCC(Oc2ccccc2)CC1.I. The number of likely N-dealkylation sites (tertiary alicyclic amines) is 2. The quantitative estimate of drug-likeness (QED) is 0.319. The van der Waals surface area contributed by atoms with Crippen LogP contribution in [0.3, 0.4) is 0 Å². The van der Waals surface area contributed by atoms with Crippen molar-refractivity contribution >= 4 is 29.9 Å². The van der Waals surface area contributed by atoms with Crippen LogP contribution in [0, 0.1) is 0 Å². The lowest BCUT2D eigenvalue weighted by molar-refractivity contribution is 0.129. The van der Waals surface area contributed by atoms with Gasteiger partial charge in [0.05, 0.1) is 18.8 Å². The minimum atomic E-state index is 0. The Morgan fingerprint density at radius 3 is 2.48 bits per heavy atom. The number of ether oxygens (including phenoxy) is 1. The fourth-order valence-corrected chi connectivity index (χ4v) is 4.40. The molecule has 0 spiro atoms. The summed E-state index contributed by atoms with van der Waals surface area (Å²) in [5, 5.41) is 3.49. The molecule has 1 unspecified atom stereocenters. The summed E-state index contributed by atoms with van der Waals surface area (Å²) in [6, 6.07) is 14.4. The van der Waals surface area contributed by atoms with E-state index < -0.39 is 0 Å². The average Bonchev–Trinajstić information content (AvgIpc) is 3.50. The molecule has 0 aliphatic carbocycles. The van der Waals surface area contributed by atoms with E-state index in [0.29, 0.717) is 0 Å². The Morgan fingerprint density at radius 2 is 1.84 bits per heavy atom. The third-order valence-electron chi connectivity index (χ3n) is 5.99. The minimum Gasteiger partial charge on any atom is -0.490 e. The fraction of sp³-hybridized carbons (Fsp3) is 0.542. The molecule has 0 saturated carbocycles. The molecule has 1 N–H and O–H groups in total. The molecule has 0 amide bonds. The van der Waals surface area contributed by atoms with Crippen LogP contribution in [0.4, 0.5) is 0 Å². The first-order chi connectivity index (χ1) is 14.8. The van der Waals surface area contributed by atoms with Gasteiger partial charge in [-0.2, -0.15) is 0 Å². The molecule has 1 aromatic heterocycles. The van der Waals surface area contributed by atoms with Gasteiger partial charge >= 0.3 is 0 Å². The molecule has 4 rings (SSSR count). The van der Waals surface area contributed by atoms with Gasteiger partial charge in [-0.1, -0.05) is 18.2 Å². The lowest BCUT2D eigenvalue weighted by Gasteiger charge is -2.34. The van der Waals surface area contributed by atoms with E-state index in [-0.39, 0.29) is 36.1 Å². The van der Waals surface area contributed by atoms with E-state index in [1.165, 1.54) is 12.8 Å². The van der Waals surface area contributed by atoms with Crippen LogP contribution >= 0.6 is 24.0 Å². The van der Waals surface area contributed by atoms with Crippen LogP contribution in [0.15, 0.2) is 58.1 Å². The number of hydrogen-bond donors (Lipinski definition) is 1. The smallest absolute Gasteiger partial charge is 0.193 e. The first-order valence-corrected chi connectivity index (χ1v) is 11.4. The lowest BCUT2D eigenvalue weighted by Crippen LogP contribution is -2.47. The fourth-order valence-electron chi connectivity index (χ4n) is 4.40. The van der Waals surface area contributed by atoms with Crippen molar-refractivity contribution in [3.05, 3.63) is 54.5 Å². The van der Waals surface area contributed by atoms with E-state index in [9.17, 15) is 0 Å². The van der Waals surface area contributed by atoms with Crippen LogP contribution in [-0.2, 0) is 0 Å². The molecular formula is C24H35IN4O2. The maximum Gasteiger partial charge on any atom is 0.193 e. The van der Waals surface area contributed by atoms with Crippen LogP contribution < -0.4 is 10.1 Å². The molecule has 0 bridgehead atoms. The van der Waals surface area contributed by atoms with E-state index in [1.54, 1.807) is 6.26 Å². The highest BCUT2D eigenvalue weighted by Gasteiger charge is 2.27. The summed E-state index contributed by atoms with van der Waals surface area (Å²) in [5.74, 6) is 2.99. The molecular weight excluding hydrogens is 503 g/mol. The number of halogens is 1. The van der Waals surface area contributed by atoms with Crippen molar-refractivity contribution in [2.45, 2.75) is 44.8 Å². The molecule has 2 fully saturated rings. The van der Waals surface area contributed by atoms with Crippen molar-refractivity contribution in [3.63, 3.8) is 0 Å². The molecule has 3 heterocycles. The first kappa shape index (κ1) is 23.9. The van der Waals surface area contributed by atoms with Gasteiger partial charge in [0, 0.05) is 32.5 Å². The van der Waals surface area contributed by atoms with Crippen molar-refractivity contribution in [3.8, 4) is 5.75 Å². The predicted octanol–water partition coefficient (Wildman–Crippen LogP) is 4.54. The van der Waals surface area contributed by atoms with Gasteiger partial charge in [-0.3, -0.25) is 9.89 Å². The largest absolute Gasteiger partial charge is 0.490 e. The maximum atomic E-state index is 6.15. The summed E-state index contributed by atoms with van der Waals surface area (Å²) >= 11 is 0. The van der Waals surface area contributed by atoms with Crippen molar-refractivity contribution in [2.24, 2.45) is 4.99 Å². The second-order valence-electron chi connectivity index (χ2n) is 8.09. The number of aliphatic imine (C=N–C) groups is 1. The molecule has 2 saturated heterocycles. The maximum absolute atomic E-state index is 6.15. The van der Waals surface area contributed by atoms with Gasteiger partial charge in [-0.05, 0) is 57.1 Å². The summed E-state index contributed by atoms with van der Waals surface area (Å²) in [5.41, 5.74) is 0. The highest BCUT2D eigenvalue weighted by molar-refractivity contribution is 14.0. The summed E-state index contributed by atoms with van der Waals surface area (Å²) in [4.78, 5) is 9.91. The number of rotatable bonds is 7. The Bertz CT molecular complexity index is 770. The highest BCUT2D eigenvalue weighted by atomic mass is 127. The molecule has 170 valence electrons. The third-order valence-corrected chi connectivity index (χ3v) is 5.99.